The minimum absolute atomic E-state index is 0.0237. The van der Waals surface area contributed by atoms with Gasteiger partial charge in [0.15, 0.2) is 5.78 Å². The molecule has 0 aliphatic carbocycles. The standard InChI is InChI=1S/C26H20O2/c27-25(21-10-2-1-3-11-21)18-17-22-12-5-7-16-26(22)28-19-23-14-8-13-20-9-4-6-15-24(20)23/h1-18H,19H2/b18-17+. The largest absolute Gasteiger partial charge is 0.488 e. The van der Waals surface area contributed by atoms with Crippen LogP contribution in [-0.4, -0.2) is 5.78 Å². The molecule has 0 bridgehead atoms. The maximum Gasteiger partial charge on any atom is 0.185 e. The second-order valence-corrected chi connectivity index (χ2v) is 6.53. The molecule has 4 rings (SSSR count). The Balaban J connectivity index is 1.53. The number of fused-ring (bicyclic) bond motifs is 1. The highest BCUT2D eigenvalue weighted by molar-refractivity contribution is 6.06. The smallest absolute Gasteiger partial charge is 0.185 e. The molecule has 0 aliphatic heterocycles. The summed E-state index contributed by atoms with van der Waals surface area (Å²) in [6.07, 6.45) is 3.41. The topological polar surface area (TPSA) is 26.3 Å². The van der Waals surface area contributed by atoms with Gasteiger partial charge in [0.2, 0.25) is 0 Å². The summed E-state index contributed by atoms with van der Waals surface area (Å²) in [5.74, 6) is 0.733. The summed E-state index contributed by atoms with van der Waals surface area (Å²) >= 11 is 0. The van der Waals surface area contributed by atoms with Crippen molar-refractivity contribution in [1.29, 1.82) is 0 Å². The molecule has 0 spiro atoms. The predicted molar refractivity (Wildman–Crippen MR) is 115 cm³/mol. The quantitative estimate of drug-likeness (QED) is 0.296. The Morgan fingerprint density at radius 2 is 1.46 bits per heavy atom. The van der Waals surface area contributed by atoms with Gasteiger partial charge in [0.05, 0.1) is 0 Å². The van der Waals surface area contributed by atoms with Crippen molar-refractivity contribution < 1.29 is 9.53 Å². The van der Waals surface area contributed by atoms with E-state index in [1.54, 1.807) is 6.08 Å². The summed E-state index contributed by atoms with van der Waals surface area (Å²) in [6.45, 7) is 0.471. The fourth-order valence-electron chi connectivity index (χ4n) is 3.19. The molecule has 0 atom stereocenters. The number of carbonyl (C=O) groups is 1. The molecule has 0 amide bonds. The van der Waals surface area contributed by atoms with Gasteiger partial charge in [-0.15, -0.1) is 0 Å². The molecule has 4 aromatic rings. The van der Waals surface area contributed by atoms with Gasteiger partial charge in [-0.25, -0.2) is 0 Å². The highest BCUT2D eigenvalue weighted by Gasteiger charge is 2.05. The number of hydrogen-bond acceptors (Lipinski definition) is 2. The molecule has 2 nitrogen and oxygen atoms in total. The van der Waals surface area contributed by atoms with Gasteiger partial charge in [-0.1, -0.05) is 91.0 Å². The number of ether oxygens (including phenoxy) is 1. The highest BCUT2D eigenvalue weighted by Crippen LogP contribution is 2.24. The number of para-hydroxylation sites is 1. The molecule has 0 unspecified atom stereocenters. The third-order valence-electron chi connectivity index (χ3n) is 4.65. The van der Waals surface area contributed by atoms with Gasteiger partial charge in [0, 0.05) is 11.1 Å². The van der Waals surface area contributed by atoms with E-state index >= 15 is 0 Å². The van der Waals surface area contributed by atoms with Gasteiger partial charge in [-0.2, -0.15) is 0 Å². The maximum atomic E-state index is 12.3. The lowest BCUT2D eigenvalue weighted by Gasteiger charge is -2.11. The van der Waals surface area contributed by atoms with Crippen LogP contribution in [0.1, 0.15) is 21.5 Å². The van der Waals surface area contributed by atoms with Gasteiger partial charge in [-0.3, -0.25) is 4.79 Å². The lowest BCUT2D eigenvalue weighted by atomic mass is 10.1. The van der Waals surface area contributed by atoms with Crippen LogP contribution >= 0.6 is 0 Å². The van der Waals surface area contributed by atoms with Crippen LogP contribution in [0.25, 0.3) is 16.8 Å². The van der Waals surface area contributed by atoms with E-state index in [4.69, 9.17) is 4.74 Å². The molecule has 0 radical (unpaired) electrons. The third kappa shape index (κ3) is 4.02. The van der Waals surface area contributed by atoms with E-state index in [-0.39, 0.29) is 5.78 Å². The minimum atomic E-state index is -0.0237. The summed E-state index contributed by atoms with van der Waals surface area (Å²) in [7, 11) is 0. The summed E-state index contributed by atoms with van der Waals surface area (Å²) in [6, 6.07) is 31.5. The van der Waals surface area contributed by atoms with Crippen LogP contribution in [0.5, 0.6) is 5.75 Å². The van der Waals surface area contributed by atoms with Crippen LogP contribution in [0.4, 0.5) is 0 Å². The van der Waals surface area contributed by atoms with Crippen molar-refractivity contribution in [2.24, 2.45) is 0 Å². The Morgan fingerprint density at radius 3 is 2.36 bits per heavy atom. The van der Waals surface area contributed by atoms with Gasteiger partial charge in [-0.05, 0) is 34.6 Å². The molecule has 0 aromatic heterocycles. The van der Waals surface area contributed by atoms with Gasteiger partial charge in [0.25, 0.3) is 0 Å². The van der Waals surface area contributed by atoms with Crippen molar-refractivity contribution in [2.75, 3.05) is 0 Å². The fourth-order valence-corrected chi connectivity index (χ4v) is 3.19. The van der Waals surface area contributed by atoms with Crippen LogP contribution in [0, 0.1) is 0 Å². The zero-order valence-electron chi connectivity index (χ0n) is 15.4. The van der Waals surface area contributed by atoms with Crippen LogP contribution < -0.4 is 4.74 Å². The van der Waals surface area contributed by atoms with E-state index in [2.05, 4.69) is 24.3 Å². The first-order chi connectivity index (χ1) is 13.8. The Bertz CT molecular complexity index is 1120. The molecular formula is C26H20O2. The molecule has 28 heavy (non-hydrogen) atoms. The van der Waals surface area contributed by atoms with Crippen LogP contribution in [0.3, 0.4) is 0 Å². The molecule has 4 aromatic carbocycles. The van der Waals surface area contributed by atoms with Gasteiger partial charge >= 0.3 is 0 Å². The van der Waals surface area contributed by atoms with E-state index < -0.39 is 0 Å². The van der Waals surface area contributed by atoms with Crippen molar-refractivity contribution in [3.05, 3.63) is 120 Å². The molecule has 0 fully saturated rings. The predicted octanol–water partition coefficient (Wildman–Crippen LogP) is 6.31. The molecule has 136 valence electrons. The van der Waals surface area contributed by atoms with E-state index in [0.29, 0.717) is 12.2 Å². The van der Waals surface area contributed by atoms with Crippen LogP contribution in [0.2, 0.25) is 0 Å². The molecular weight excluding hydrogens is 344 g/mol. The zero-order chi connectivity index (χ0) is 19.2. The van der Waals surface area contributed by atoms with Crippen molar-refractivity contribution in [2.45, 2.75) is 6.61 Å². The summed E-state index contributed by atoms with van der Waals surface area (Å²) in [5, 5.41) is 2.39. The Labute approximate surface area is 164 Å². The number of rotatable bonds is 6. The fraction of sp³-hybridized carbons (Fsp3) is 0.0385. The lowest BCUT2D eigenvalue weighted by Crippen LogP contribution is -1.98. The molecule has 0 saturated carbocycles. The summed E-state index contributed by atoms with van der Waals surface area (Å²) < 4.78 is 6.11. The average Bonchev–Trinajstić information content (AvgIpc) is 2.77. The summed E-state index contributed by atoms with van der Waals surface area (Å²) in [5.41, 5.74) is 2.69. The second kappa shape index (κ2) is 8.36. The first-order valence-electron chi connectivity index (χ1n) is 9.27. The van der Waals surface area contributed by atoms with Gasteiger partial charge in [0.1, 0.15) is 12.4 Å². The van der Waals surface area contributed by atoms with E-state index in [1.165, 1.54) is 10.8 Å². The highest BCUT2D eigenvalue weighted by atomic mass is 16.5. The van der Waals surface area contributed by atoms with E-state index in [1.807, 2.05) is 78.9 Å². The second-order valence-electron chi connectivity index (χ2n) is 6.53. The zero-order valence-corrected chi connectivity index (χ0v) is 15.4. The monoisotopic (exact) mass is 364 g/mol. The number of carbonyl (C=O) groups excluding carboxylic acids is 1. The first kappa shape index (κ1) is 17.7. The number of ketones is 1. The first-order valence-corrected chi connectivity index (χ1v) is 9.27. The number of benzene rings is 4. The molecule has 0 aliphatic rings. The molecule has 2 heteroatoms. The molecule has 0 saturated heterocycles. The van der Waals surface area contributed by atoms with Crippen LogP contribution in [-0.2, 0) is 6.61 Å². The number of hydrogen-bond donors (Lipinski definition) is 0. The normalized spacial score (nSPS) is 11.0. The van der Waals surface area contributed by atoms with Crippen molar-refractivity contribution in [1.82, 2.24) is 0 Å². The molecule has 0 N–H and O–H groups in total. The summed E-state index contributed by atoms with van der Waals surface area (Å²) in [4.78, 5) is 12.3. The number of allylic oxidation sites excluding steroid dienone is 1. The lowest BCUT2D eigenvalue weighted by molar-refractivity contribution is 0.104. The Morgan fingerprint density at radius 1 is 0.750 bits per heavy atom. The molecule has 0 heterocycles. The van der Waals surface area contributed by atoms with Gasteiger partial charge < -0.3 is 4.74 Å². The van der Waals surface area contributed by atoms with Crippen molar-refractivity contribution in [3.8, 4) is 5.75 Å². The van der Waals surface area contributed by atoms with Crippen LogP contribution in [0.15, 0.2) is 103 Å². The Kier molecular flexibility index (Phi) is 5.30. The average molecular weight is 364 g/mol. The van der Waals surface area contributed by atoms with Crippen molar-refractivity contribution in [3.63, 3.8) is 0 Å². The Hall–Kier alpha value is -3.65. The van der Waals surface area contributed by atoms with E-state index in [9.17, 15) is 4.79 Å². The third-order valence-corrected chi connectivity index (χ3v) is 4.65. The van der Waals surface area contributed by atoms with Crippen molar-refractivity contribution >= 4 is 22.6 Å². The maximum absolute atomic E-state index is 12.3. The minimum Gasteiger partial charge on any atom is -0.488 e. The SMILES string of the molecule is O=C(/C=C/c1ccccc1OCc1cccc2ccccc12)c1ccccc1. The van der Waals surface area contributed by atoms with E-state index in [0.717, 1.165) is 16.9 Å².